The minimum absolute atomic E-state index is 0.433. The number of hydrogen-bond donors (Lipinski definition) is 0. The van der Waals surface area contributed by atoms with Crippen molar-refractivity contribution in [3.05, 3.63) is 34.1 Å². The summed E-state index contributed by atoms with van der Waals surface area (Å²) in [5.74, 6) is 1.92. The maximum atomic E-state index is 6.30. The third-order valence-corrected chi connectivity index (χ3v) is 4.83. The van der Waals surface area contributed by atoms with Gasteiger partial charge in [0.25, 0.3) is 5.88 Å². The molecule has 0 radical (unpaired) electrons. The van der Waals surface area contributed by atoms with Gasteiger partial charge in [0.1, 0.15) is 17.0 Å². The summed E-state index contributed by atoms with van der Waals surface area (Å²) in [4.78, 5) is 8.82. The van der Waals surface area contributed by atoms with Crippen molar-refractivity contribution < 1.29 is 9.26 Å². The Morgan fingerprint density at radius 1 is 1.24 bits per heavy atom. The predicted molar refractivity (Wildman–Crippen MR) is 97.2 cm³/mol. The third kappa shape index (κ3) is 3.58. The van der Waals surface area contributed by atoms with Crippen molar-refractivity contribution in [2.24, 2.45) is 5.92 Å². The zero-order chi connectivity index (χ0) is 17.4. The third-order valence-electron chi connectivity index (χ3n) is 4.28. The molecular weight excluding hydrogens is 361 g/mol. The van der Waals surface area contributed by atoms with E-state index >= 15 is 0 Å². The highest BCUT2D eigenvalue weighted by molar-refractivity contribution is 6.36. The van der Waals surface area contributed by atoms with Gasteiger partial charge in [-0.1, -0.05) is 41.2 Å². The van der Waals surface area contributed by atoms with Gasteiger partial charge in [-0.05, 0) is 43.9 Å². The Morgan fingerprint density at radius 2 is 2.08 bits per heavy atom. The fraction of sp³-hybridized carbons (Fsp3) is 0.389. The molecule has 2 aromatic heterocycles. The lowest BCUT2D eigenvalue weighted by Gasteiger charge is -2.06. The van der Waals surface area contributed by atoms with E-state index in [-0.39, 0.29) is 0 Å². The van der Waals surface area contributed by atoms with Crippen molar-refractivity contribution in [3.63, 3.8) is 0 Å². The van der Waals surface area contributed by atoms with Crippen LogP contribution in [0.1, 0.15) is 31.5 Å². The van der Waals surface area contributed by atoms with E-state index in [1.807, 2.05) is 6.92 Å². The molecule has 0 unspecified atom stereocenters. The highest BCUT2D eigenvalue weighted by atomic mass is 35.5. The van der Waals surface area contributed by atoms with Crippen molar-refractivity contribution in [1.82, 2.24) is 15.1 Å². The van der Waals surface area contributed by atoms with Crippen LogP contribution in [0.3, 0.4) is 0 Å². The second-order valence-corrected chi connectivity index (χ2v) is 7.19. The van der Waals surface area contributed by atoms with Crippen molar-refractivity contribution >= 4 is 34.3 Å². The first-order valence-electron chi connectivity index (χ1n) is 8.34. The second kappa shape index (κ2) is 6.81. The summed E-state index contributed by atoms with van der Waals surface area (Å²) in [6, 6.07) is 5.23. The van der Waals surface area contributed by atoms with Gasteiger partial charge in [-0.15, -0.1) is 0 Å². The van der Waals surface area contributed by atoms with Crippen molar-refractivity contribution in [3.8, 4) is 17.1 Å². The molecule has 1 fully saturated rings. The zero-order valence-corrected chi connectivity index (χ0v) is 15.3. The maximum absolute atomic E-state index is 6.30. The van der Waals surface area contributed by atoms with Gasteiger partial charge in [-0.3, -0.25) is 0 Å². The van der Waals surface area contributed by atoms with Gasteiger partial charge < -0.3 is 9.26 Å². The van der Waals surface area contributed by atoms with Gasteiger partial charge in [-0.25, -0.2) is 4.98 Å². The fourth-order valence-corrected chi connectivity index (χ4v) is 3.32. The van der Waals surface area contributed by atoms with E-state index in [0.717, 1.165) is 12.3 Å². The van der Waals surface area contributed by atoms with Gasteiger partial charge in [-0.2, -0.15) is 4.98 Å². The molecule has 3 aromatic rings. The molecular formula is C18H17Cl2N3O2. The number of aromatic nitrogens is 3. The normalized spacial score (nSPS) is 14.2. The molecule has 0 atom stereocenters. The van der Waals surface area contributed by atoms with E-state index in [1.54, 1.807) is 18.2 Å². The van der Waals surface area contributed by atoms with Gasteiger partial charge >= 0.3 is 0 Å². The summed E-state index contributed by atoms with van der Waals surface area (Å²) in [6.07, 6.45) is 4.92. The Bertz CT molecular complexity index is 922. The Labute approximate surface area is 155 Å². The molecule has 4 rings (SSSR count). The second-order valence-electron chi connectivity index (χ2n) is 6.34. The summed E-state index contributed by atoms with van der Waals surface area (Å²) in [6.45, 7) is 2.43. The number of nitrogens with zero attached hydrogens (tertiary/aromatic N) is 3. The molecule has 2 heterocycles. The fourth-order valence-electron chi connectivity index (χ4n) is 2.82. The zero-order valence-electron chi connectivity index (χ0n) is 13.8. The minimum atomic E-state index is 0.433. The number of rotatable bonds is 6. The van der Waals surface area contributed by atoms with E-state index in [0.29, 0.717) is 50.7 Å². The first kappa shape index (κ1) is 16.6. The Balaban J connectivity index is 1.65. The molecule has 0 saturated heterocycles. The molecule has 0 N–H and O–H groups in total. The van der Waals surface area contributed by atoms with Crippen LogP contribution >= 0.6 is 23.2 Å². The van der Waals surface area contributed by atoms with Crippen molar-refractivity contribution in [1.29, 1.82) is 0 Å². The smallest absolute Gasteiger partial charge is 0.264 e. The van der Waals surface area contributed by atoms with Gasteiger partial charge in [0.05, 0.1) is 11.6 Å². The molecule has 130 valence electrons. The molecule has 1 saturated carbocycles. The molecule has 1 aliphatic carbocycles. The van der Waals surface area contributed by atoms with Crippen molar-refractivity contribution in [2.75, 3.05) is 6.61 Å². The highest BCUT2D eigenvalue weighted by Crippen LogP contribution is 2.36. The molecule has 0 amide bonds. The molecule has 1 aliphatic rings. The molecule has 0 bridgehead atoms. The summed E-state index contributed by atoms with van der Waals surface area (Å²) in [5.41, 5.74) is 2.31. The first-order chi connectivity index (χ1) is 12.1. The van der Waals surface area contributed by atoms with E-state index in [1.165, 1.54) is 19.3 Å². The van der Waals surface area contributed by atoms with E-state index in [9.17, 15) is 0 Å². The molecule has 7 heteroatoms. The lowest BCUT2D eigenvalue weighted by atomic mass is 10.1. The highest BCUT2D eigenvalue weighted by Gasteiger charge is 2.22. The molecule has 5 nitrogen and oxygen atoms in total. The SMILES string of the molecule is Cc1nc(OCCCC2CC2)c2onc(-c3ccc(Cl)cc3Cl)c2n1. The summed E-state index contributed by atoms with van der Waals surface area (Å²) >= 11 is 12.3. The first-order valence-corrected chi connectivity index (χ1v) is 9.09. The van der Waals surface area contributed by atoms with Gasteiger partial charge in [0, 0.05) is 10.6 Å². The molecule has 0 aliphatic heterocycles. The summed E-state index contributed by atoms with van der Waals surface area (Å²) in [7, 11) is 0. The number of benzene rings is 1. The maximum Gasteiger partial charge on any atom is 0.264 e. The van der Waals surface area contributed by atoms with Crippen LogP contribution in [-0.4, -0.2) is 21.7 Å². The van der Waals surface area contributed by atoms with Crippen LogP contribution in [0.25, 0.3) is 22.4 Å². The predicted octanol–water partition coefficient (Wildman–Crippen LogP) is 5.47. The van der Waals surface area contributed by atoms with Crippen LogP contribution in [0.4, 0.5) is 0 Å². The van der Waals surface area contributed by atoms with E-state index in [2.05, 4.69) is 15.1 Å². The average Bonchev–Trinajstić information content (AvgIpc) is 3.30. The Morgan fingerprint density at radius 3 is 2.84 bits per heavy atom. The van der Waals surface area contributed by atoms with E-state index < -0.39 is 0 Å². The number of halogens is 2. The lowest BCUT2D eigenvalue weighted by molar-refractivity contribution is 0.287. The van der Waals surface area contributed by atoms with Crippen LogP contribution in [-0.2, 0) is 0 Å². The van der Waals surface area contributed by atoms with Crippen LogP contribution in [0, 0.1) is 12.8 Å². The summed E-state index contributed by atoms with van der Waals surface area (Å²) < 4.78 is 11.3. The average molecular weight is 378 g/mol. The van der Waals surface area contributed by atoms with Crippen LogP contribution < -0.4 is 4.74 Å². The van der Waals surface area contributed by atoms with Gasteiger partial charge in [0.15, 0.2) is 0 Å². The number of aryl methyl sites for hydroxylation is 1. The van der Waals surface area contributed by atoms with E-state index in [4.69, 9.17) is 32.5 Å². The van der Waals surface area contributed by atoms with Crippen molar-refractivity contribution in [2.45, 2.75) is 32.6 Å². The molecule has 0 spiro atoms. The summed E-state index contributed by atoms with van der Waals surface area (Å²) in [5, 5.41) is 5.19. The van der Waals surface area contributed by atoms with Crippen LogP contribution in [0.2, 0.25) is 10.0 Å². The van der Waals surface area contributed by atoms with Crippen LogP contribution in [0.15, 0.2) is 22.7 Å². The number of hydrogen-bond acceptors (Lipinski definition) is 5. The number of fused-ring (bicyclic) bond motifs is 1. The quantitative estimate of drug-likeness (QED) is 0.533. The number of ether oxygens (including phenoxy) is 1. The Kier molecular flexibility index (Phi) is 4.52. The topological polar surface area (TPSA) is 61.0 Å². The van der Waals surface area contributed by atoms with Crippen LogP contribution in [0.5, 0.6) is 5.88 Å². The lowest BCUT2D eigenvalue weighted by Crippen LogP contribution is -2.02. The monoisotopic (exact) mass is 377 g/mol. The largest absolute Gasteiger partial charge is 0.475 e. The minimum Gasteiger partial charge on any atom is -0.475 e. The molecule has 25 heavy (non-hydrogen) atoms. The Hall–Kier alpha value is -1.85. The van der Waals surface area contributed by atoms with Gasteiger partial charge in [0.2, 0.25) is 5.58 Å². The molecule has 1 aromatic carbocycles. The standard InChI is InChI=1S/C18H17Cl2N3O2/c1-10-21-16-15(13-7-6-12(19)9-14(13)20)23-25-17(16)18(22-10)24-8-2-3-11-4-5-11/h6-7,9,11H,2-5,8H2,1H3.